The van der Waals surface area contributed by atoms with Crippen LogP contribution in [0.2, 0.25) is 0 Å². The van der Waals surface area contributed by atoms with Crippen LogP contribution in [0, 0.1) is 0 Å². The van der Waals surface area contributed by atoms with Crippen molar-refractivity contribution in [1.82, 2.24) is 5.32 Å². The predicted octanol–water partition coefficient (Wildman–Crippen LogP) is 2.30. The highest BCUT2D eigenvalue weighted by molar-refractivity contribution is 8.14. The van der Waals surface area contributed by atoms with E-state index in [9.17, 15) is 4.79 Å². The highest BCUT2D eigenvalue weighted by atomic mass is 32.2. The molecule has 1 N–H and O–H groups in total. The normalized spacial score (nSPS) is 23.6. The van der Waals surface area contributed by atoms with Crippen LogP contribution in [0.5, 0.6) is 0 Å². The standard InChI is InChI=1S/C12H15NO2S/c1-9(14)16-12-2-4-13-7-11(12)6-10-3-5-15-8-10/h3,5-6,8,12-13H,2,4,7H2,1H3/b11-6-. The minimum absolute atomic E-state index is 0.185. The molecule has 0 radical (unpaired) electrons. The third kappa shape index (κ3) is 3.00. The highest BCUT2D eigenvalue weighted by Crippen LogP contribution is 2.26. The van der Waals surface area contributed by atoms with Crippen LogP contribution in [-0.2, 0) is 4.79 Å². The summed E-state index contributed by atoms with van der Waals surface area (Å²) in [6.45, 7) is 3.46. The largest absolute Gasteiger partial charge is 0.472 e. The van der Waals surface area contributed by atoms with Crippen molar-refractivity contribution in [3.63, 3.8) is 0 Å². The Bertz CT molecular complexity index is 384. The molecule has 2 heterocycles. The number of rotatable bonds is 2. The Morgan fingerprint density at radius 2 is 2.56 bits per heavy atom. The van der Waals surface area contributed by atoms with E-state index in [1.807, 2.05) is 6.07 Å². The van der Waals surface area contributed by atoms with Crippen molar-refractivity contribution in [3.05, 3.63) is 29.7 Å². The number of thioether (sulfide) groups is 1. The lowest BCUT2D eigenvalue weighted by molar-refractivity contribution is -0.109. The summed E-state index contributed by atoms with van der Waals surface area (Å²) in [5.74, 6) is 0. The number of nitrogens with one attached hydrogen (secondary N) is 1. The van der Waals surface area contributed by atoms with E-state index in [4.69, 9.17) is 4.42 Å². The molecule has 0 aromatic carbocycles. The summed E-state index contributed by atoms with van der Waals surface area (Å²) in [4.78, 5) is 11.2. The molecular formula is C12H15NO2S. The van der Waals surface area contributed by atoms with Crippen LogP contribution in [0.1, 0.15) is 18.9 Å². The van der Waals surface area contributed by atoms with Gasteiger partial charge in [0.2, 0.25) is 0 Å². The molecule has 0 bridgehead atoms. The number of piperidine rings is 1. The Morgan fingerprint density at radius 3 is 3.25 bits per heavy atom. The molecule has 0 saturated carbocycles. The zero-order valence-corrected chi connectivity index (χ0v) is 10.0. The summed E-state index contributed by atoms with van der Waals surface area (Å²) in [6.07, 6.45) is 6.50. The van der Waals surface area contributed by atoms with Crippen molar-refractivity contribution in [3.8, 4) is 0 Å². The van der Waals surface area contributed by atoms with Crippen LogP contribution < -0.4 is 5.32 Å². The zero-order valence-electron chi connectivity index (χ0n) is 9.23. The second-order valence-electron chi connectivity index (χ2n) is 3.84. The lowest BCUT2D eigenvalue weighted by Crippen LogP contribution is -2.32. The van der Waals surface area contributed by atoms with Gasteiger partial charge in [-0.3, -0.25) is 4.79 Å². The molecule has 0 amide bonds. The Balaban J connectivity index is 2.12. The maximum Gasteiger partial charge on any atom is 0.186 e. The number of hydrogen-bond acceptors (Lipinski definition) is 4. The van der Waals surface area contributed by atoms with Gasteiger partial charge in [-0.1, -0.05) is 17.8 Å². The molecule has 2 rings (SSSR count). The molecule has 3 nitrogen and oxygen atoms in total. The molecule has 1 unspecified atom stereocenters. The Hall–Kier alpha value is -1.00. The minimum Gasteiger partial charge on any atom is -0.472 e. The summed E-state index contributed by atoms with van der Waals surface area (Å²) < 4.78 is 5.03. The monoisotopic (exact) mass is 237 g/mol. The third-order valence-electron chi connectivity index (χ3n) is 2.53. The summed E-state index contributed by atoms with van der Waals surface area (Å²) >= 11 is 1.43. The number of furan rings is 1. The van der Waals surface area contributed by atoms with Gasteiger partial charge < -0.3 is 9.73 Å². The van der Waals surface area contributed by atoms with E-state index >= 15 is 0 Å². The fraction of sp³-hybridized carbons (Fsp3) is 0.417. The molecule has 1 aromatic heterocycles. The molecule has 1 aliphatic heterocycles. The van der Waals surface area contributed by atoms with Crippen molar-refractivity contribution in [1.29, 1.82) is 0 Å². The maximum atomic E-state index is 11.2. The van der Waals surface area contributed by atoms with E-state index in [-0.39, 0.29) is 5.12 Å². The molecule has 4 heteroatoms. The van der Waals surface area contributed by atoms with E-state index in [2.05, 4.69) is 11.4 Å². The fourth-order valence-corrected chi connectivity index (χ4v) is 2.75. The van der Waals surface area contributed by atoms with Gasteiger partial charge in [-0.05, 0) is 24.6 Å². The van der Waals surface area contributed by atoms with Crippen molar-refractivity contribution in [2.75, 3.05) is 13.1 Å². The quantitative estimate of drug-likeness (QED) is 0.857. The predicted molar refractivity (Wildman–Crippen MR) is 66.2 cm³/mol. The Morgan fingerprint density at radius 1 is 1.69 bits per heavy atom. The Kier molecular flexibility index (Phi) is 3.85. The maximum absolute atomic E-state index is 11.2. The van der Waals surface area contributed by atoms with E-state index < -0.39 is 0 Å². The first-order valence-electron chi connectivity index (χ1n) is 5.36. The van der Waals surface area contributed by atoms with Gasteiger partial charge in [-0.25, -0.2) is 0 Å². The van der Waals surface area contributed by atoms with Gasteiger partial charge in [0.25, 0.3) is 0 Å². The van der Waals surface area contributed by atoms with Crippen LogP contribution in [0.25, 0.3) is 6.08 Å². The first-order chi connectivity index (χ1) is 7.75. The first kappa shape index (κ1) is 11.5. The van der Waals surface area contributed by atoms with Gasteiger partial charge in [0.05, 0.1) is 12.5 Å². The molecule has 86 valence electrons. The van der Waals surface area contributed by atoms with Gasteiger partial charge in [0.15, 0.2) is 5.12 Å². The van der Waals surface area contributed by atoms with Crippen LogP contribution in [0.3, 0.4) is 0 Å². The average Bonchev–Trinajstić information content (AvgIpc) is 2.73. The molecule has 1 atom stereocenters. The fourth-order valence-electron chi connectivity index (χ4n) is 1.82. The molecule has 1 aromatic rings. The topological polar surface area (TPSA) is 42.2 Å². The van der Waals surface area contributed by atoms with Crippen LogP contribution in [-0.4, -0.2) is 23.5 Å². The molecule has 1 aliphatic rings. The third-order valence-corrected chi connectivity index (χ3v) is 3.68. The van der Waals surface area contributed by atoms with E-state index in [1.54, 1.807) is 19.5 Å². The second kappa shape index (κ2) is 5.37. The summed E-state index contributed by atoms with van der Waals surface area (Å²) in [7, 11) is 0. The molecule has 16 heavy (non-hydrogen) atoms. The van der Waals surface area contributed by atoms with Crippen LogP contribution in [0.4, 0.5) is 0 Å². The van der Waals surface area contributed by atoms with Crippen molar-refractivity contribution >= 4 is 23.0 Å². The molecule has 0 aliphatic carbocycles. The van der Waals surface area contributed by atoms with Crippen molar-refractivity contribution in [2.45, 2.75) is 18.6 Å². The summed E-state index contributed by atoms with van der Waals surface area (Å²) in [5.41, 5.74) is 2.33. The van der Waals surface area contributed by atoms with E-state index in [0.29, 0.717) is 5.25 Å². The summed E-state index contributed by atoms with van der Waals surface area (Å²) in [5, 5.41) is 3.83. The lowest BCUT2D eigenvalue weighted by atomic mass is 10.0. The molecule has 0 spiro atoms. The smallest absolute Gasteiger partial charge is 0.186 e. The average molecular weight is 237 g/mol. The molecular weight excluding hydrogens is 222 g/mol. The van der Waals surface area contributed by atoms with Crippen LogP contribution in [0.15, 0.2) is 28.6 Å². The van der Waals surface area contributed by atoms with Crippen molar-refractivity contribution < 1.29 is 9.21 Å². The number of carbonyl (C=O) groups is 1. The van der Waals surface area contributed by atoms with Gasteiger partial charge in [-0.2, -0.15) is 0 Å². The van der Waals surface area contributed by atoms with Gasteiger partial charge in [-0.15, -0.1) is 0 Å². The number of hydrogen-bond donors (Lipinski definition) is 1. The minimum atomic E-state index is 0.185. The van der Waals surface area contributed by atoms with Gasteiger partial charge in [0, 0.05) is 24.3 Å². The van der Waals surface area contributed by atoms with E-state index in [0.717, 1.165) is 25.1 Å². The zero-order chi connectivity index (χ0) is 11.4. The summed E-state index contributed by atoms with van der Waals surface area (Å²) in [6, 6.07) is 1.93. The van der Waals surface area contributed by atoms with Crippen molar-refractivity contribution in [2.24, 2.45) is 0 Å². The molecule has 1 fully saturated rings. The highest BCUT2D eigenvalue weighted by Gasteiger charge is 2.20. The number of carbonyl (C=O) groups excluding carboxylic acids is 1. The first-order valence-corrected chi connectivity index (χ1v) is 6.24. The van der Waals surface area contributed by atoms with E-state index in [1.165, 1.54) is 17.3 Å². The lowest BCUT2D eigenvalue weighted by Gasteiger charge is -2.24. The van der Waals surface area contributed by atoms with Gasteiger partial charge >= 0.3 is 0 Å². The SMILES string of the molecule is CC(=O)SC1CCNC/C1=C/c1ccoc1. The Labute approximate surface area is 99.3 Å². The van der Waals surface area contributed by atoms with Gasteiger partial charge in [0.1, 0.15) is 0 Å². The second-order valence-corrected chi connectivity index (χ2v) is 5.22. The molecule has 1 saturated heterocycles. The van der Waals surface area contributed by atoms with Crippen LogP contribution >= 0.6 is 11.8 Å².